The molecule has 1 heterocycles. The normalized spacial score (nSPS) is 19.6. The highest BCUT2D eigenvalue weighted by Crippen LogP contribution is 2.38. The van der Waals surface area contributed by atoms with Gasteiger partial charge in [0.25, 0.3) is 0 Å². The van der Waals surface area contributed by atoms with Crippen LogP contribution in [-0.4, -0.2) is 41.1 Å². The number of rotatable bonds is 4. The Kier molecular flexibility index (Phi) is 4.93. The van der Waals surface area contributed by atoms with Crippen LogP contribution in [0.4, 0.5) is 5.69 Å². The number of carbonyl (C=O) groups is 1. The van der Waals surface area contributed by atoms with Crippen LogP contribution < -0.4 is 13.8 Å². The van der Waals surface area contributed by atoms with Gasteiger partial charge in [-0.25, -0.2) is 25.9 Å². The zero-order chi connectivity index (χ0) is 20.1. The van der Waals surface area contributed by atoms with Gasteiger partial charge in [-0.2, -0.15) is 0 Å². The summed E-state index contributed by atoms with van der Waals surface area (Å²) in [7, 11) is -6.58. The van der Waals surface area contributed by atoms with Crippen LogP contribution in [0.3, 0.4) is 0 Å². The number of amides is 1. The number of anilines is 1. The van der Waals surface area contributed by atoms with Crippen molar-refractivity contribution in [3.05, 3.63) is 18.2 Å². The van der Waals surface area contributed by atoms with Gasteiger partial charge in [-0.3, -0.25) is 4.79 Å². The van der Waals surface area contributed by atoms with E-state index in [1.165, 1.54) is 33.1 Å². The predicted octanol–water partition coefficient (Wildman–Crippen LogP) is 1.47. The largest absolute Gasteiger partial charge is 0.495 e. The minimum absolute atomic E-state index is 0.0318. The zero-order valence-corrected chi connectivity index (χ0v) is 17.3. The molecule has 0 aromatic heterocycles. The van der Waals surface area contributed by atoms with Crippen molar-refractivity contribution in [1.82, 2.24) is 4.72 Å². The van der Waals surface area contributed by atoms with Crippen molar-refractivity contribution in [2.45, 2.75) is 45.1 Å². The molecule has 2 rings (SSSR count). The lowest BCUT2D eigenvalue weighted by atomic mass is 9.95. The Hall–Kier alpha value is -1.65. The van der Waals surface area contributed by atoms with Crippen LogP contribution in [0.25, 0.3) is 0 Å². The fraction of sp³-hybridized carbons (Fsp3) is 0.562. The number of sulfonamides is 2. The smallest absolute Gasteiger partial charge is 0.247 e. The fourth-order valence-corrected chi connectivity index (χ4v) is 6.43. The molecule has 0 aliphatic carbocycles. The Morgan fingerprint density at radius 2 is 1.81 bits per heavy atom. The van der Waals surface area contributed by atoms with Gasteiger partial charge in [0.2, 0.25) is 26.0 Å². The summed E-state index contributed by atoms with van der Waals surface area (Å²) >= 11 is 0. The van der Waals surface area contributed by atoms with Crippen molar-refractivity contribution >= 4 is 31.6 Å². The van der Waals surface area contributed by atoms with Gasteiger partial charge in [0.15, 0.2) is 0 Å². The van der Waals surface area contributed by atoms with E-state index in [1.54, 1.807) is 20.8 Å². The Labute approximate surface area is 154 Å². The summed E-state index contributed by atoms with van der Waals surface area (Å²) in [6.45, 7) is 8.11. The molecule has 0 atom stereocenters. The second kappa shape index (κ2) is 6.21. The molecule has 8 nitrogen and oxygen atoms in total. The fourth-order valence-electron chi connectivity index (χ4n) is 2.72. The number of carbonyl (C=O) groups excluding carboxylic acids is 1. The lowest BCUT2D eigenvalue weighted by Gasteiger charge is -2.23. The lowest BCUT2D eigenvalue weighted by molar-refractivity contribution is -0.123. The molecule has 10 heteroatoms. The van der Waals surface area contributed by atoms with Gasteiger partial charge in [0, 0.05) is 5.54 Å². The molecule has 1 aliphatic heterocycles. The van der Waals surface area contributed by atoms with Crippen molar-refractivity contribution in [3.63, 3.8) is 0 Å². The van der Waals surface area contributed by atoms with Crippen molar-refractivity contribution in [2.24, 2.45) is 5.41 Å². The first-order valence-electron chi connectivity index (χ1n) is 7.90. The van der Waals surface area contributed by atoms with E-state index in [-0.39, 0.29) is 22.1 Å². The van der Waals surface area contributed by atoms with Gasteiger partial charge in [0.1, 0.15) is 10.6 Å². The standard InChI is InChI=1S/C16H24N2O6S2/c1-15(2,3)17-26(22,23)13-9-11(7-8-12(13)24-6)18-14(19)16(4,5)10-25(18,20)21/h7-9,17H,10H2,1-6H3. The summed E-state index contributed by atoms with van der Waals surface area (Å²) in [6.07, 6.45) is 0. The van der Waals surface area contributed by atoms with E-state index < -0.39 is 36.9 Å². The highest BCUT2D eigenvalue weighted by Gasteiger charge is 2.50. The molecule has 0 bridgehead atoms. The number of nitrogens with one attached hydrogen (secondary N) is 1. The average molecular weight is 405 g/mol. The third-order valence-electron chi connectivity index (χ3n) is 3.70. The van der Waals surface area contributed by atoms with Crippen LogP contribution in [0.5, 0.6) is 5.75 Å². The predicted molar refractivity (Wildman–Crippen MR) is 98.1 cm³/mol. The molecule has 1 fully saturated rings. The van der Waals surface area contributed by atoms with E-state index in [0.717, 1.165) is 6.07 Å². The summed E-state index contributed by atoms with van der Waals surface area (Å²) in [5.74, 6) is -0.892. The first kappa shape index (κ1) is 20.7. The van der Waals surface area contributed by atoms with E-state index in [4.69, 9.17) is 4.74 Å². The minimum atomic E-state index is -4.00. The molecule has 1 aliphatic rings. The van der Waals surface area contributed by atoms with Gasteiger partial charge < -0.3 is 4.74 Å². The van der Waals surface area contributed by atoms with Gasteiger partial charge in [-0.05, 0) is 52.8 Å². The van der Waals surface area contributed by atoms with Crippen molar-refractivity contribution < 1.29 is 26.4 Å². The molecular weight excluding hydrogens is 380 g/mol. The molecular formula is C16H24N2O6S2. The van der Waals surface area contributed by atoms with E-state index in [2.05, 4.69) is 4.72 Å². The Morgan fingerprint density at radius 3 is 2.23 bits per heavy atom. The van der Waals surface area contributed by atoms with E-state index in [0.29, 0.717) is 4.31 Å². The molecule has 0 spiro atoms. The summed E-state index contributed by atoms with van der Waals surface area (Å²) in [5.41, 5.74) is -1.87. The van der Waals surface area contributed by atoms with Crippen LogP contribution in [0.2, 0.25) is 0 Å². The summed E-state index contributed by atoms with van der Waals surface area (Å²) in [4.78, 5) is 12.3. The summed E-state index contributed by atoms with van der Waals surface area (Å²) in [6, 6.07) is 3.83. The first-order valence-corrected chi connectivity index (χ1v) is 11.0. The second-order valence-electron chi connectivity index (χ2n) is 7.90. The third-order valence-corrected chi connectivity index (χ3v) is 7.50. The van der Waals surface area contributed by atoms with E-state index in [1.807, 2.05) is 0 Å². The number of hydrogen-bond donors (Lipinski definition) is 1. The van der Waals surface area contributed by atoms with Crippen LogP contribution in [0, 0.1) is 5.41 Å². The molecule has 1 aromatic rings. The molecule has 0 radical (unpaired) electrons. The number of nitrogens with zero attached hydrogens (tertiary/aromatic N) is 1. The van der Waals surface area contributed by atoms with Gasteiger partial charge in [-0.1, -0.05) is 0 Å². The molecule has 146 valence electrons. The highest BCUT2D eigenvalue weighted by molar-refractivity contribution is 7.94. The monoisotopic (exact) mass is 404 g/mol. The molecule has 1 amide bonds. The highest BCUT2D eigenvalue weighted by atomic mass is 32.2. The zero-order valence-electron chi connectivity index (χ0n) is 15.7. The minimum Gasteiger partial charge on any atom is -0.495 e. The number of methoxy groups -OCH3 is 1. The number of hydrogen-bond acceptors (Lipinski definition) is 6. The van der Waals surface area contributed by atoms with Gasteiger partial charge >= 0.3 is 0 Å². The average Bonchev–Trinajstić information content (AvgIpc) is 2.59. The maximum absolute atomic E-state index is 12.7. The molecule has 26 heavy (non-hydrogen) atoms. The van der Waals surface area contributed by atoms with Gasteiger partial charge in [-0.15, -0.1) is 0 Å². The lowest BCUT2D eigenvalue weighted by Crippen LogP contribution is -2.40. The quantitative estimate of drug-likeness (QED) is 0.814. The Bertz CT molecular complexity index is 943. The van der Waals surface area contributed by atoms with Gasteiger partial charge in [0.05, 0.1) is 24.0 Å². The topological polar surface area (TPSA) is 110 Å². The van der Waals surface area contributed by atoms with Crippen LogP contribution in [0.1, 0.15) is 34.6 Å². The van der Waals surface area contributed by atoms with E-state index >= 15 is 0 Å². The van der Waals surface area contributed by atoms with Crippen LogP contribution >= 0.6 is 0 Å². The van der Waals surface area contributed by atoms with Crippen LogP contribution in [0.15, 0.2) is 23.1 Å². The van der Waals surface area contributed by atoms with Crippen molar-refractivity contribution in [1.29, 1.82) is 0 Å². The maximum Gasteiger partial charge on any atom is 0.247 e. The molecule has 1 aromatic carbocycles. The summed E-state index contributed by atoms with van der Waals surface area (Å²) in [5, 5.41) is 0. The molecule has 0 unspecified atom stereocenters. The number of benzene rings is 1. The van der Waals surface area contributed by atoms with Crippen molar-refractivity contribution in [3.8, 4) is 5.75 Å². The molecule has 1 saturated heterocycles. The Morgan fingerprint density at radius 1 is 1.23 bits per heavy atom. The first-order chi connectivity index (χ1) is 11.6. The SMILES string of the molecule is COc1ccc(N2C(=O)C(C)(C)CS2(=O)=O)cc1S(=O)(=O)NC(C)(C)C. The molecule has 0 saturated carbocycles. The number of ether oxygens (including phenoxy) is 1. The van der Waals surface area contributed by atoms with E-state index in [9.17, 15) is 21.6 Å². The van der Waals surface area contributed by atoms with Crippen LogP contribution in [-0.2, 0) is 24.8 Å². The maximum atomic E-state index is 12.7. The van der Waals surface area contributed by atoms with Crippen molar-refractivity contribution in [2.75, 3.05) is 17.2 Å². The third kappa shape index (κ3) is 3.86. The second-order valence-corrected chi connectivity index (χ2v) is 11.4. The molecule has 1 N–H and O–H groups in total. The Balaban J connectivity index is 2.64. The summed E-state index contributed by atoms with van der Waals surface area (Å²) < 4.78 is 58.6.